The summed E-state index contributed by atoms with van der Waals surface area (Å²) in [6.07, 6.45) is 1.82. The molecule has 1 atom stereocenters. The van der Waals surface area contributed by atoms with Crippen molar-refractivity contribution in [3.8, 4) is 17.2 Å². The fourth-order valence-corrected chi connectivity index (χ4v) is 4.42. The van der Waals surface area contributed by atoms with E-state index < -0.39 is 0 Å². The number of fused-ring (bicyclic) bond motifs is 1. The van der Waals surface area contributed by atoms with Crippen LogP contribution in [0.1, 0.15) is 29.2 Å². The largest absolute Gasteiger partial charge is 0.310 e. The molecule has 1 aliphatic heterocycles. The molecule has 0 saturated heterocycles. The van der Waals surface area contributed by atoms with Gasteiger partial charge >= 0.3 is 0 Å². The molecule has 0 saturated carbocycles. The van der Waals surface area contributed by atoms with Gasteiger partial charge in [-0.2, -0.15) is 14.9 Å². The molecule has 31 heavy (non-hydrogen) atoms. The highest BCUT2D eigenvalue weighted by atomic mass is 79.9. The van der Waals surface area contributed by atoms with E-state index in [2.05, 4.69) is 41.5 Å². The minimum Gasteiger partial charge on any atom is -0.310 e. The van der Waals surface area contributed by atoms with Crippen LogP contribution < -0.4 is 5.32 Å². The van der Waals surface area contributed by atoms with Crippen LogP contribution in [0.25, 0.3) is 17.2 Å². The van der Waals surface area contributed by atoms with Crippen LogP contribution in [-0.2, 0) is 4.79 Å². The number of nitrogens with one attached hydrogen (secondary N) is 1. The number of hydrogen-bond donors (Lipinski definition) is 1. The van der Waals surface area contributed by atoms with Crippen LogP contribution in [-0.4, -0.2) is 30.9 Å². The first-order chi connectivity index (χ1) is 15.0. The average Bonchev–Trinajstić information content (AvgIpc) is 3.10. The van der Waals surface area contributed by atoms with Gasteiger partial charge in [0, 0.05) is 27.9 Å². The van der Waals surface area contributed by atoms with Gasteiger partial charge in [0.25, 0.3) is 5.95 Å². The molecule has 0 radical (unpaired) electrons. The number of halogens is 2. The Balaban J connectivity index is 1.63. The van der Waals surface area contributed by atoms with Gasteiger partial charge < -0.3 is 5.32 Å². The van der Waals surface area contributed by atoms with E-state index in [9.17, 15) is 9.18 Å². The van der Waals surface area contributed by atoms with Crippen LogP contribution in [0.3, 0.4) is 0 Å². The Hall–Kier alpha value is -3.46. The molecular formula is C22H16BrFN6O. The van der Waals surface area contributed by atoms with Crippen molar-refractivity contribution >= 4 is 27.7 Å². The van der Waals surface area contributed by atoms with Gasteiger partial charge in [-0.1, -0.05) is 34.1 Å². The first-order valence-corrected chi connectivity index (χ1v) is 10.4. The van der Waals surface area contributed by atoms with Crippen molar-refractivity contribution in [3.63, 3.8) is 0 Å². The van der Waals surface area contributed by atoms with Crippen molar-refractivity contribution in [2.75, 3.05) is 5.32 Å². The fraction of sp³-hybridized carbons (Fsp3) is 0.136. The summed E-state index contributed by atoms with van der Waals surface area (Å²) in [7, 11) is 0. The molecule has 0 aliphatic carbocycles. The Bertz CT molecular complexity index is 1300. The minimum absolute atomic E-state index is 0.114. The highest BCUT2D eigenvalue weighted by molar-refractivity contribution is 9.10. The summed E-state index contributed by atoms with van der Waals surface area (Å²) in [6.45, 7) is 1.90. The summed E-state index contributed by atoms with van der Waals surface area (Å²) >= 11 is 3.60. The van der Waals surface area contributed by atoms with Gasteiger partial charge in [0.2, 0.25) is 5.91 Å². The Morgan fingerprint density at radius 1 is 1.16 bits per heavy atom. The Kier molecular flexibility index (Phi) is 4.82. The molecule has 7 nitrogen and oxygen atoms in total. The van der Waals surface area contributed by atoms with Crippen LogP contribution >= 0.6 is 15.9 Å². The third kappa shape index (κ3) is 3.50. The van der Waals surface area contributed by atoms with E-state index in [-0.39, 0.29) is 23.6 Å². The summed E-state index contributed by atoms with van der Waals surface area (Å²) in [5.74, 6) is 0.161. The van der Waals surface area contributed by atoms with E-state index in [1.165, 1.54) is 23.0 Å². The number of amides is 1. The number of nitrogens with zero attached hydrogens (tertiary/aromatic N) is 5. The molecule has 2 aromatic heterocycles. The molecular weight excluding hydrogens is 463 g/mol. The Labute approximate surface area is 185 Å². The van der Waals surface area contributed by atoms with Gasteiger partial charge in [0.15, 0.2) is 0 Å². The molecule has 9 heteroatoms. The second kappa shape index (κ2) is 7.66. The predicted molar refractivity (Wildman–Crippen MR) is 116 cm³/mol. The molecule has 1 N–H and O–H groups in total. The number of aromatic nitrogens is 5. The predicted octanol–water partition coefficient (Wildman–Crippen LogP) is 4.41. The van der Waals surface area contributed by atoms with Crippen LogP contribution in [0.15, 0.2) is 59.2 Å². The number of aryl methyl sites for hydroxylation is 1. The molecule has 0 bridgehead atoms. The molecule has 2 aromatic carbocycles. The maximum Gasteiger partial charge on any atom is 0.272 e. The van der Waals surface area contributed by atoms with E-state index in [0.717, 1.165) is 21.3 Å². The molecule has 3 heterocycles. The smallest absolute Gasteiger partial charge is 0.272 e. The molecule has 0 unspecified atom stereocenters. The lowest BCUT2D eigenvalue weighted by Crippen LogP contribution is -2.25. The van der Waals surface area contributed by atoms with Gasteiger partial charge in [0.05, 0.1) is 17.6 Å². The SMILES string of the molecule is Cc1nn(-c2nncc(-c3ccc(F)cc3)n2)c2c1[C@H](c1ccccc1Br)CC(=O)N2. The maximum atomic E-state index is 13.3. The van der Waals surface area contributed by atoms with Crippen molar-refractivity contribution in [1.82, 2.24) is 25.0 Å². The quantitative estimate of drug-likeness (QED) is 0.471. The van der Waals surface area contributed by atoms with Gasteiger partial charge in [-0.25, -0.2) is 9.37 Å². The number of carbonyl (C=O) groups excluding carboxylic acids is 1. The summed E-state index contributed by atoms with van der Waals surface area (Å²) < 4.78 is 15.7. The first kappa shape index (κ1) is 19.5. The topological polar surface area (TPSA) is 85.6 Å². The average molecular weight is 479 g/mol. The molecule has 154 valence electrons. The number of carbonyl (C=O) groups is 1. The van der Waals surface area contributed by atoms with E-state index >= 15 is 0 Å². The van der Waals surface area contributed by atoms with Crippen LogP contribution in [0.4, 0.5) is 10.2 Å². The Morgan fingerprint density at radius 2 is 1.94 bits per heavy atom. The molecule has 4 aromatic rings. The summed E-state index contributed by atoms with van der Waals surface area (Å²) in [6, 6.07) is 13.8. The normalized spacial score (nSPS) is 15.5. The third-order valence-electron chi connectivity index (χ3n) is 5.26. The van der Waals surface area contributed by atoms with Crippen LogP contribution in [0.5, 0.6) is 0 Å². The molecule has 1 aliphatic rings. The van der Waals surface area contributed by atoms with E-state index in [4.69, 9.17) is 0 Å². The second-order valence-corrected chi connectivity index (χ2v) is 8.09. The van der Waals surface area contributed by atoms with E-state index in [1.54, 1.807) is 12.1 Å². The first-order valence-electron chi connectivity index (χ1n) is 9.61. The Morgan fingerprint density at radius 3 is 2.71 bits per heavy atom. The van der Waals surface area contributed by atoms with Crippen molar-refractivity contribution in [1.29, 1.82) is 0 Å². The standard InChI is InChI=1S/C22H16BrFN6O/c1-12-20-16(15-4-2-3-5-17(15)23)10-19(31)27-21(20)30(29-12)22-26-18(11-25-28-22)13-6-8-14(24)9-7-13/h2-9,11,16H,10H2,1H3,(H,27,31)/t16-/m0/s1. The molecule has 0 spiro atoms. The summed E-state index contributed by atoms with van der Waals surface area (Å²) in [5, 5.41) is 15.7. The van der Waals surface area contributed by atoms with Crippen LogP contribution in [0.2, 0.25) is 0 Å². The zero-order valence-electron chi connectivity index (χ0n) is 16.4. The van der Waals surface area contributed by atoms with Crippen molar-refractivity contribution < 1.29 is 9.18 Å². The van der Waals surface area contributed by atoms with E-state index in [1.807, 2.05) is 31.2 Å². The molecule has 0 fully saturated rings. The minimum atomic E-state index is -0.330. The number of anilines is 1. The number of rotatable bonds is 3. The van der Waals surface area contributed by atoms with E-state index in [0.29, 0.717) is 23.5 Å². The highest BCUT2D eigenvalue weighted by Gasteiger charge is 2.34. The molecule has 1 amide bonds. The van der Waals surface area contributed by atoms with Crippen LogP contribution in [0, 0.1) is 12.7 Å². The number of benzene rings is 2. The lowest BCUT2D eigenvalue weighted by molar-refractivity contribution is -0.116. The summed E-state index contributed by atoms with van der Waals surface area (Å²) in [4.78, 5) is 17.1. The maximum absolute atomic E-state index is 13.3. The van der Waals surface area contributed by atoms with Gasteiger partial charge in [-0.05, 0) is 42.8 Å². The zero-order chi connectivity index (χ0) is 21.5. The fourth-order valence-electron chi connectivity index (χ4n) is 3.86. The monoisotopic (exact) mass is 478 g/mol. The van der Waals surface area contributed by atoms with Crippen molar-refractivity contribution in [2.45, 2.75) is 19.3 Å². The van der Waals surface area contributed by atoms with Gasteiger partial charge in [0.1, 0.15) is 11.6 Å². The second-order valence-electron chi connectivity index (χ2n) is 7.23. The van der Waals surface area contributed by atoms with Gasteiger partial charge in [-0.15, -0.1) is 5.10 Å². The highest BCUT2D eigenvalue weighted by Crippen LogP contribution is 2.42. The lowest BCUT2D eigenvalue weighted by atomic mass is 9.86. The lowest BCUT2D eigenvalue weighted by Gasteiger charge is -2.24. The van der Waals surface area contributed by atoms with Crippen molar-refractivity contribution in [2.24, 2.45) is 0 Å². The number of hydrogen-bond acceptors (Lipinski definition) is 5. The van der Waals surface area contributed by atoms with Crippen molar-refractivity contribution in [3.05, 3.63) is 81.8 Å². The molecule has 5 rings (SSSR count). The summed E-state index contributed by atoms with van der Waals surface area (Å²) in [5.41, 5.74) is 3.93. The zero-order valence-corrected chi connectivity index (χ0v) is 18.0. The van der Waals surface area contributed by atoms with Gasteiger partial charge in [-0.3, -0.25) is 4.79 Å². The third-order valence-corrected chi connectivity index (χ3v) is 5.98.